The Bertz CT molecular complexity index is 164. The molecule has 1 rings (SSSR count). The standard InChI is InChI=1S/C7H18N4OS/c1-7(8,9)2-3-11-4-6(5-11)13(10)12/h6H,2-5,8-10H2,1H3. The Morgan fingerprint density at radius 3 is 2.46 bits per heavy atom. The average molecular weight is 206 g/mol. The van der Waals surface area contributed by atoms with E-state index >= 15 is 0 Å². The van der Waals surface area contributed by atoms with Gasteiger partial charge in [0.25, 0.3) is 0 Å². The molecule has 1 aliphatic heterocycles. The maximum absolute atomic E-state index is 10.8. The molecule has 0 aromatic rings. The maximum Gasteiger partial charge on any atom is 0.160 e. The van der Waals surface area contributed by atoms with Gasteiger partial charge in [0, 0.05) is 31.0 Å². The second-order valence-electron chi connectivity index (χ2n) is 3.97. The zero-order chi connectivity index (χ0) is 10.1. The van der Waals surface area contributed by atoms with Crippen LogP contribution >= 0.6 is 0 Å². The summed E-state index contributed by atoms with van der Waals surface area (Å²) >= 11 is -1.17. The molecular weight excluding hydrogens is 188 g/mol. The summed E-state index contributed by atoms with van der Waals surface area (Å²) in [6.45, 7) is 4.26. The lowest BCUT2D eigenvalue weighted by Crippen LogP contribution is -2.58. The average Bonchev–Trinajstić information content (AvgIpc) is 1.79. The van der Waals surface area contributed by atoms with E-state index in [1.54, 1.807) is 6.92 Å². The number of nitrogens with two attached hydrogens (primary N) is 3. The van der Waals surface area contributed by atoms with Gasteiger partial charge in [-0.25, -0.2) is 0 Å². The van der Waals surface area contributed by atoms with Crippen molar-refractivity contribution in [1.82, 2.24) is 4.90 Å². The molecule has 5 nitrogen and oxygen atoms in total. The van der Waals surface area contributed by atoms with E-state index in [-0.39, 0.29) is 5.25 Å². The van der Waals surface area contributed by atoms with E-state index < -0.39 is 17.0 Å². The highest BCUT2D eigenvalue weighted by atomic mass is 32.2. The first kappa shape index (κ1) is 11.2. The molecule has 1 unspecified atom stereocenters. The zero-order valence-corrected chi connectivity index (χ0v) is 8.72. The lowest BCUT2D eigenvalue weighted by atomic mass is 10.1. The lowest BCUT2D eigenvalue weighted by molar-refractivity contribution is 0.169. The van der Waals surface area contributed by atoms with Gasteiger partial charge >= 0.3 is 0 Å². The van der Waals surface area contributed by atoms with E-state index in [1.807, 2.05) is 0 Å². The van der Waals surface area contributed by atoms with Crippen molar-refractivity contribution in [3.8, 4) is 0 Å². The summed E-state index contributed by atoms with van der Waals surface area (Å²) in [6, 6.07) is 0. The summed E-state index contributed by atoms with van der Waals surface area (Å²) in [7, 11) is 0. The van der Waals surface area contributed by atoms with Crippen LogP contribution in [-0.4, -0.2) is 40.0 Å². The van der Waals surface area contributed by atoms with Crippen LogP contribution < -0.4 is 16.6 Å². The molecule has 0 aliphatic carbocycles. The van der Waals surface area contributed by atoms with Crippen molar-refractivity contribution in [3.05, 3.63) is 0 Å². The predicted molar refractivity (Wildman–Crippen MR) is 54.0 cm³/mol. The topological polar surface area (TPSA) is 104 Å². The van der Waals surface area contributed by atoms with Gasteiger partial charge in [0.2, 0.25) is 0 Å². The van der Waals surface area contributed by atoms with E-state index in [0.717, 1.165) is 26.1 Å². The molecule has 0 spiro atoms. The van der Waals surface area contributed by atoms with Crippen LogP contribution in [-0.2, 0) is 11.4 Å². The smallest absolute Gasteiger partial charge is 0.160 e. The van der Waals surface area contributed by atoms with Crippen LogP contribution in [0.2, 0.25) is 0 Å². The molecule has 6 heteroatoms. The molecule has 6 N–H and O–H groups in total. The number of hydrogen-bond donors (Lipinski definition) is 3. The van der Waals surface area contributed by atoms with Gasteiger partial charge in [-0.3, -0.25) is 4.90 Å². The highest BCUT2D eigenvalue weighted by Gasteiger charge is 2.34. The molecule has 78 valence electrons. The third kappa shape index (κ3) is 3.80. The Balaban J connectivity index is 2.09. The minimum Gasteiger partial charge on any atom is -0.598 e. The molecule has 0 saturated carbocycles. The SMILES string of the molecule is CC(N)(N)CCN1CC([S+](N)[O-])C1. The fraction of sp³-hybridized carbons (Fsp3) is 1.00. The summed E-state index contributed by atoms with van der Waals surface area (Å²) in [5, 5.41) is 5.38. The Labute approximate surface area is 81.9 Å². The van der Waals surface area contributed by atoms with Gasteiger partial charge in [0.05, 0.1) is 5.66 Å². The van der Waals surface area contributed by atoms with Gasteiger partial charge in [-0.05, 0) is 13.3 Å². The second-order valence-corrected chi connectivity index (χ2v) is 5.29. The van der Waals surface area contributed by atoms with Crippen molar-refractivity contribution in [2.75, 3.05) is 19.6 Å². The lowest BCUT2D eigenvalue weighted by Gasteiger charge is -2.38. The van der Waals surface area contributed by atoms with E-state index in [1.165, 1.54) is 0 Å². The normalized spacial score (nSPS) is 22.8. The van der Waals surface area contributed by atoms with Crippen molar-refractivity contribution in [2.24, 2.45) is 16.6 Å². The minimum atomic E-state index is -1.17. The Morgan fingerprint density at radius 1 is 1.54 bits per heavy atom. The van der Waals surface area contributed by atoms with Gasteiger partial charge in [-0.2, -0.15) is 5.14 Å². The monoisotopic (exact) mass is 206 g/mol. The van der Waals surface area contributed by atoms with Crippen molar-refractivity contribution in [3.63, 3.8) is 0 Å². The summed E-state index contributed by atoms with van der Waals surface area (Å²) in [5.41, 5.74) is 10.6. The highest BCUT2D eigenvalue weighted by Crippen LogP contribution is 2.14. The first-order chi connectivity index (χ1) is 5.88. The molecule has 1 saturated heterocycles. The molecule has 0 bridgehead atoms. The zero-order valence-electron chi connectivity index (χ0n) is 7.90. The van der Waals surface area contributed by atoms with Crippen LogP contribution in [0.25, 0.3) is 0 Å². The minimum absolute atomic E-state index is 0.141. The molecule has 0 aromatic heterocycles. The highest BCUT2D eigenvalue weighted by molar-refractivity contribution is 7.89. The fourth-order valence-electron chi connectivity index (χ4n) is 1.25. The number of rotatable bonds is 4. The van der Waals surface area contributed by atoms with Crippen molar-refractivity contribution >= 4 is 11.4 Å². The summed E-state index contributed by atoms with van der Waals surface area (Å²) in [6.07, 6.45) is 0.747. The Hall–Kier alpha value is 0.150. The molecule has 1 atom stereocenters. The van der Waals surface area contributed by atoms with E-state index in [9.17, 15) is 4.55 Å². The maximum atomic E-state index is 10.8. The quantitative estimate of drug-likeness (QED) is 0.376. The van der Waals surface area contributed by atoms with Gasteiger partial charge < -0.3 is 16.0 Å². The van der Waals surface area contributed by atoms with Crippen molar-refractivity contribution in [2.45, 2.75) is 24.3 Å². The van der Waals surface area contributed by atoms with E-state index in [2.05, 4.69) is 4.90 Å². The second kappa shape index (κ2) is 4.12. The molecule has 1 heterocycles. The summed E-state index contributed by atoms with van der Waals surface area (Å²) in [5.74, 6) is 0. The van der Waals surface area contributed by atoms with E-state index in [4.69, 9.17) is 16.6 Å². The van der Waals surface area contributed by atoms with Crippen molar-refractivity contribution < 1.29 is 4.55 Å². The van der Waals surface area contributed by atoms with E-state index in [0.29, 0.717) is 0 Å². The number of hydrogen-bond acceptors (Lipinski definition) is 5. The first-order valence-electron chi connectivity index (χ1n) is 4.33. The molecule has 0 aromatic carbocycles. The van der Waals surface area contributed by atoms with Crippen LogP contribution in [0.15, 0.2) is 0 Å². The number of nitrogens with zero attached hydrogens (tertiary/aromatic N) is 1. The van der Waals surface area contributed by atoms with Crippen molar-refractivity contribution in [1.29, 1.82) is 0 Å². The number of likely N-dealkylation sites (tertiary alicyclic amines) is 1. The van der Waals surface area contributed by atoms with Gasteiger partial charge in [0.1, 0.15) is 0 Å². The van der Waals surface area contributed by atoms with Crippen LogP contribution in [0, 0.1) is 0 Å². The van der Waals surface area contributed by atoms with Gasteiger partial charge in [-0.1, -0.05) is 0 Å². The largest absolute Gasteiger partial charge is 0.598 e. The van der Waals surface area contributed by atoms with Crippen LogP contribution in [0.4, 0.5) is 0 Å². The van der Waals surface area contributed by atoms with Gasteiger partial charge in [0.15, 0.2) is 5.25 Å². The first-order valence-corrected chi connectivity index (χ1v) is 5.61. The molecule has 1 fully saturated rings. The van der Waals surface area contributed by atoms with Gasteiger partial charge in [-0.15, -0.1) is 0 Å². The third-order valence-corrected chi connectivity index (χ3v) is 3.17. The van der Waals surface area contributed by atoms with Crippen LogP contribution in [0.3, 0.4) is 0 Å². The fourth-order valence-corrected chi connectivity index (χ4v) is 1.97. The molecule has 1 aliphatic rings. The molecular formula is C7H18N4OS. The van der Waals surface area contributed by atoms with Crippen LogP contribution in [0.1, 0.15) is 13.3 Å². The predicted octanol–water partition coefficient (Wildman–Crippen LogP) is -1.68. The summed E-state index contributed by atoms with van der Waals surface area (Å²) in [4.78, 5) is 2.16. The Kier molecular flexibility index (Phi) is 3.56. The van der Waals surface area contributed by atoms with Crippen LogP contribution in [0.5, 0.6) is 0 Å². The molecule has 0 radical (unpaired) electrons. The molecule has 0 amide bonds. The summed E-state index contributed by atoms with van der Waals surface area (Å²) < 4.78 is 10.8. The molecule has 13 heavy (non-hydrogen) atoms. The Morgan fingerprint density at radius 2 is 2.08 bits per heavy atom. The third-order valence-electron chi connectivity index (χ3n) is 2.22.